The molecule has 3 nitrogen and oxygen atoms in total. The molecule has 1 saturated heterocycles. The van der Waals surface area contributed by atoms with Crippen molar-refractivity contribution in [3.63, 3.8) is 0 Å². The molecule has 6 atom stereocenters. The van der Waals surface area contributed by atoms with Crippen LogP contribution in [-0.4, -0.2) is 32.2 Å². The zero-order valence-corrected chi connectivity index (χ0v) is 15.9. The number of nitrogens with zero attached hydrogens (tertiary/aromatic N) is 1. The quantitative estimate of drug-likeness (QED) is 0.777. The van der Waals surface area contributed by atoms with Gasteiger partial charge >= 0.3 is 0 Å². The molecule has 0 amide bonds. The lowest BCUT2D eigenvalue weighted by atomic mass is 9.88. The molecular weight excluding hydrogens is 294 g/mol. The molecule has 132 valence electrons. The fraction of sp³-hybridized carbons (Fsp3) is 0.667. The highest BCUT2D eigenvalue weighted by Gasteiger charge is 2.38. The largest absolute Gasteiger partial charge is 0.335 e. The van der Waals surface area contributed by atoms with Gasteiger partial charge in [0.1, 0.15) is 12.6 Å². The summed E-state index contributed by atoms with van der Waals surface area (Å²) >= 11 is 0. The van der Waals surface area contributed by atoms with Crippen LogP contribution in [0.15, 0.2) is 30.3 Å². The Kier molecular flexibility index (Phi) is 7.27. The zero-order valence-electron chi connectivity index (χ0n) is 15.9. The monoisotopic (exact) mass is 329 g/mol. The smallest absolute Gasteiger partial charge is 0.103 e. The van der Waals surface area contributed by atoms with Crippen molar-refractivity contribution in [3.05, 3.63) is 35.9 Å². The number of piperidine rings is 1. The molecule has 1 fully saturated rings. The van der Waals surface area contributed by atoms with Crippen molar-refractivity contribution in [3.8, 4) is 6.07 Å². The molecule has 2 rings (SSSR count). The third-order valence-electron chi connectivity index (χ3n) is 5.93. The van der Waals surface area contributed by atoms with E-state index in [2.05, 4.69) is 57.3 Å². The summed E-state index contributed by atoms with van der Waals surface area (Å²) in [5, 5.41) is 9.03. The Labute approximate surface area is 148 Å². The van der Waals surface area contributed by atoms with Gasteiger partial charge in [-0.15, -0.1) is 0 Å². The number of hydrogen-bond donors (Lipinski definition) is 2. The molecule has 0 radical (unpaired) electrons. The SMILES string of the molecule is C[C@@H]1C[NH+](C)[C@@H](C)C[C@@H]1[NH+](CCC[C@@H](C)C#N)Cc1ccccc1. The summed E-state index contributed by atoms with van der Waals surface area (Å²) in [6.07, 6.45) is 3.48. The molecule has 1 aromatic rings. The predicted molar refractivity (Wildman–Crippen MR) is 98.8 cm³/mol. The first-order valence-electron chi connectivity index (χ1n) is 9.61. The standard InChI is InChI=1S/C21H33N3/c1-17(14-22)9-8-12-24(16-20-10-6-5-7-11-20)21-13-19(3)23(4)15-18(21)2/h5-7,10-11,17-19,21H,8-9,12-13,15-16H2,1-4H3/p+2/t17-,18-,19+,21+/m1/s1. The van der Waals surface area contributed by atoms with Crippen molar-refractivity contribution in [1.82, 2.24) is 0 Å². The van der Waals surface area contributed by atoms with E-state index in [1.165, 1.54) is 25.1 Å². The fourth-order valence-corrected chi connectivity index (χ4v) is 4.20. The Bertz CT molecular complexity index is 522. The second-order valence-corrected chi connectivity index (χ2v) is 8.01. The lowest BCUT2D eigenvalue weighted by Crippen LogP contribution is -3.22. The Morgan fingerprint density at radius 1 is 1.29 bits per heavy atom. The maximum atomic E-state index is 9.03. The molecule has 1 aliphatic rings. The van der Waals surface area contributed by atoms with Crippen LogP contribution < -0.4 is 9.80 Å². The Balaban J connectivity index is 2.05. The minimum Gasteiger partial charge on any atom is -0.335 e. The Morgan fingerprint density at radius 2 is 2.00 bits per heavy atom. The lowest BCUT2D eigenvalue weighted by molar-refractivity contribution is -0.975. The highest BCUT2D eigenvalue weighted by atomic mass is 15.2. The fourth-order valence-electron chi connectivity index (χ4n) is 4.20. The van der Waals surface area contributed by atoms with Gasteiger partial charge < -0.3 is 9.80 Å². The van der Waals surface area contributed by atoms with E-state index in [4.69, 9.17) is 5.26 Å². The summed E-state index contributed by atoms with van der Waals surface area (Å²) < 4.78 is 0. The first kappa shape index (κ1) is 19.0. The number of rotatable bonds is 7. The van der Waals surface area contributed by atoms with E-state index in [-0.39, 0.29) is 5.92 Å². The van der Waals surface area contributed by atoms with Crippen molar-refractivity contribution in [2.24, 2.45) is 11.8 Å². The van der Waals surface area contributed by atoms with Crippen LogP contribution >= 0.6 is 0 Å². The number of nitrogens with one attached hydrogen (secondary N) is 2. The maximum Gasteiger partial charge on any atom is 0.103 e. The summed E-state index contributed by atoms with van der Waals surface area (Å²) in [6, 6.07) is 14.8. The van der Waals surface area contributed by atoms with Gasteiger partial charge in [-0.3, -0.25) is 0 Å². The number of likely N-dealkylation sites (tertiary alicyclic amines) is 1. The third-order valence-corrected chi connectivity index (χ3v) is 5.93. The van der Waals surface area contributed by atoms with Crippen molar-refractivity contribution in [2.75, 3.05) is 20.1 Å². The molecule has 0 aromatic heterocycles. The van der Waals surface area contributed by atoms with E-state index < -0.39 is 0 Å². The average molecular weight is 330 g/mol. The molecule has 0 spiro atoms. The van der Waals surface area contributed by atoms with Gasteiger partial charge in [-0.2, -0.15) is 5.26 Å². The van der Waals surface area contributed by atoms with E-state index in [1.54, 1.807) is 9.80 Å². The summed E-state index contributed by atoms with van der Waals surface area (Å²) in [6.45, 7) is 10.4. The molecule has 0 aliphatic carbocycles. The van der Waals surface area contributed by atoms with Crippen molar-refractivity contribution < 1.29 is 9.80 Å². The summed E-state index contributed by atoms with van der Waals surface area (Å²) in [4.78, 5) is 3.40. The van der Waals surface area contributed by atoms with E-state index in [0.717, 1.165) is 37.4 Å². The van der Waals surface area contributed by atoms with Crippen LogP contribution in [0.4, 0.5) is 0 Å². The lowest BCUT2D eigenvalue weighted by Gasteiger charge is -2.40. The molecule has 1 aliphatic heterocycles. The van der Waals surface area contributed by atoms with Crippen molar-refractivity contribution in [2.45, 2.75) is 58.7 Å². The summed E-state index contributed by atoms with van der Waals surface area (Å²) in [5.41, 5.74) is 1.44. The van der Waals surface area contributed by atoms with Crippen molar-refractivity contribution >= 4 is 0 Å². The Hall–Kier alpha value is -1.37. The van der Waals surface area contributed by atoms with Crippen LogP contribution in [0, 0.1) is 23.2 Å². The molecule has 1 heterocycles. The van der Waals surface area contributed by atoms with E-state index in [9.17, 15) is 0 Å². The zero-order chi connectivity index (χ0) is 17.5. The second-order valence-electron chi connectivity index (χ2n) is 8.01. The topological polar surface area (TPSA) is 32.7 Å². The van der Waals surface area contributed by atoms with Gasteiger partial charge in [-0.05, 0) is 26.7 Å². The van der Waals surface area contributed by atoms with Crippen LogP contribution in [0.3, 0.4) is 0 Å². The van der Waals surface area contributed by atoms with Crippen LogP contribution in [0.25, 0.3) is 0 Å². The number of benzene rings is 1. The molecule has 1 aromatic carbocycles. The Morgan fingerprint density at radius 3 is 2.67 bits per heavy atom. The van der Waals surface area contributed by atoms with Gasteiger partial charge in [0, 0.05) is 11.5 Å². The third kappa shape index (κ3) is 5.33. The van der Waals surface area contributed by atoms with Gasteiger partial charge in [-0.1, -0.05) is 37.3 Å². The molecule has 0 bridgehead atoms. The molecule has 0 saturated carbocycles. The van der Waals surface area contributed by atoms with Crippen LogP contribution in [0.2, 0.25) is 0 Å². The number of hydrogen-bond acceptors (Lipinski definition) is 1. The van der Waals surface area contributed by atoms with Gasteiger partial charge in [-0.25, -0.2) is 0 Å². The maximum absolute atomic E-state index is 9.03. The minimum atomic E-state index is 0.182. The van der Waals surface area contributed by atoms with E-state index >= 15 is 0 Å². The first-order chi connectivity index (χ1) is 11.5. The molecule has 2 unspecified atom stereocenters. The normalized spacial score (nSPS) is 29.6. The van der Waals surface area contributed by atoms with E-state index in [1.807, 2.05) is 6.92 Å². The average Bonchev–Trinajstić information content (AvgIpc) is 2.58. The highest BCUT2D eigenvalue weighted by Crippen LogP contribution is 2.11. The number of nitriles is 1. The summed E-state index contributed by atoms with van der Waals surface area (Å²) in [7, 11) is 2.34. The van der Waals surface area contributed by atoms with Gasteiger partial charge in [0.2, 0.25) is 0 Å². The first-order valence-corrected chi connectivity index (χ1v) is 9.61. The molecule has 3 heteroatoms. The van der Waals surface area contributed by atoms with Crippen LogP contribution in [-0.2, 0) is 6.54 Å². The summed E-state index contributed by atoms with van der Waals surface area (Å²) in [5.74, 6) is 0.939. The second kappa shape index (κ2) is 9.20. The molecule has 2 N–H and O–H groups in total. The van der Waals surface area contributed by atoms with Gasteiger partial charge in [0.15, 0.2) is 0 Å². The van der Waals surface area contributed by atoms with Crippen LogP contribution in [0.1, 0.15) is 45.6 Å². The highest BCUT2D eigenvalue weighted by molar-refractivity contribution is 5.13. The predicted octanol–water partition coefficient (Wildman–Crippen LogP) is 1.32. The molecular formula is C21H35N3+2. The number of quaternary nitrogens is 2. The van der Waals surface area contributed by atoms with Crippen LogP contribution in [0.5, 0.6) is 0 Å². The van der Waals surface area contributed by atoms with Crippen molar-refractivity contribution in [1.29, 1.82) is 5.26 Å². The van der Waals surface area contributed by atoms with E-state index in [0.29, 0.717) is 0 Å². The van der Waals surface area contributed by atoms with Gasteiger partial charge in [0.05, 0.1) is 44.6 Å². The van der Waals surface area contributed by atoms with Gasteiger partial charge in [0.25, 0.3) is 0 Å². The minimum absolute atomic E-state index is 0.182. The molecule has 24 heavy (non-hydrogen) atoms.